The highest BCUT2D eigenvalue weighted by atomic mass is 16.5. The maximum atomic E-state index is 14.0. The Morgan fingerprint density at radius 2 is 1.53 bits per heavy atom. The second-order valence-electron chi connectivity index (χ2n) is 15.5. The van der Waals surface area contributed by atoms with Gasteiger partial charge in [0.2, 0.25) is 17.7 Å². The molecule has 14 heteroatoms. The van der Waals surface area contributed by atoms with Gasteiger partial charge in [-0.2, -0.15) is 0 Å². The highest BCUT2D eigenvalue weighted by Gasteiger charge is 2.40. The van der Waals surface area contributed by atoms with Crippen LogP contribution < -0.4 is 26.0 Å². The molecule has 2 aromatic heterocycles. The highest BCUT2D eigenvalue weighted by molar-refractivity contribution is 5.91. The molecule has 0 saturated heterocycles. The fraction of sp³-hybridized carbons (Fsp3) is 0.488. The van der Waals surface area contributed by atoms with E-state index in [-0.39, 0.29) is 56.1 Å². The van der Waals surface area contributed by atoms with Crippen LogP contribution in [0, 0.1) is 23.7 Å². The molecule has 4 aromatic rings. The van der Waals surface area contributed by atoms with E-state index in [1.807, 2.05) is 84.0 Å². The normalized spacial score (nSPS) is 15.2. The van der Waals surface area contributed by atoms with Crippen molar-refractivity contribution in [2.24, 2.45) is 23.7 Å². The zero-order chi connectivity index (χ0) is 41.5. The zero-order valence-corrected chi connectivity index (χ0v) is 33.8. The largest absolute Gasteiger partial charge is 0.483 e. The minimum Gasteiger partial charge on any atom is -0.483 e. The lowest BCUT2D eigenvalue weighted by Gasteiger charge is -2.35. The van der Waals surface area contributed by atoms with E-state index in [9.17, 15) is 29.4 Å². The summed E-state index contributed by atoms with van der Waals surface area (Å²) < 4.78 is 5.88. The Morgan fingerprint density at radius 3 is 2.19 bits per heavy atom. The van der Waals surface area contributed by atoms with Crippen LogP contribution in [0.25, 0.3) is 10.8 Å². The number of nitrogens with one attached hydrogen (secondary N) is 5. The molecule has 2 unspecified atom stereocenters. The lowest BCUT2D eigenvalue weighted by Crippen LogP contribution is -2.59. The van der Waals surface area contributed by atoms with Gasteiger partial charge in [0.25, 0.3) is 5.91 Å². The fourth-order valence-electron chi connectivity index (χ4n) is 6.74. The molecule has 0 aliphatic rings. The highest BCUT2D eigenvalue weighted by Crippen LogP contribution is 2.26. The number of hydrogen-bond donors (Lipinski definition) is 7. The number of aliphatic hydroxyl groups is 2. The Kier molecular flexibility index (Phi) is 17.0. The number of H-pyrrole nitrogens is 1. The van der Waals surface area contributed by atoms with Gasteiger partial charge in [0.15, 0.2) is 6.61 Å². The molecule has 7 N–H and O–H groups in total. The summed E-state index contributed by atoms with van der Waals surface area (Å²) >= 11 is 0. The number of fused-ring (bicyclic) bond motifs is 1. The first-order valence-electron chi connectivity index (χ1n) is 19.8. The van der Waals surface area contributed by atoms with Gasteiger partial charge in [0, 0.05) is 29.9 Å². The van der Waals surface area contributed by atoms with Gasteiger partial charge in [-0.15, -0.1) is 0 Å². The molecule has 2 aromatic carbocycles. The zero-order valence-electron chi connectivity index (χ0n) is 33.8. The van der Waals surface area contributed by atoms with Gasteiger partial charge in [-0.05, 0) is 54.2 Å². The summed E-state index contributed by atoms with van der Waals surface area (Å²) in [5.74, 6) is -3.07. The third kappa shape index (κ3) is 13.4. The average Bonchev–Trinajstić information content (AvgIpc) is 3.72. The van der Waals surface area contributed by atoms with E-state index in [4.69, 9.17) is 4.74 Å². The number of ether oxygens (including phenoxy) is 1. The average molecular weight is 786 g/mol. The standard InChI is InChI=1S/C43H59N7O7/c1-7-28(6)38(43(56)46-23-30-15-10-11-18-45-30)50-41(54)33(19-26(2)3)39(52)40(53)34(20-27(4)5)49-42(55)35(21-31-22-44-25-47-31)48-37(51)24-57-36-17-12-14-29-13-8-9-16-32(29)36/h8-18,22,25-28,33-35,38-40,52-53H,7,19-21,23-24H2,1-6H3,(H,44,47)(H,46,56)(H,48,51)(H,49,55)(H,50,54)/t28-,33+,34-,35-,38-,39?,40?/m0/s1. The summed E-state index contributed by atoms with van der Waals surface area (Å²) in [7, 11) is 0. The number of benzene rings is 2. The Balaban J connectivity index is 1.49. The van der Waals surface area contributed by atoms with Crippen LogP contribution in [0.3, 0.4) is 0 Å². The third-order valence-electron chi connectivity index (χ3n) is 9.99. The third-order valence-corrected chi connectivity index (χ3v) is 9.99. The van der Waals surface area contributed by atoms with Gasteiger partial charge in [0.1, 0.15) is 23.9 Å². The Hall–Kier alpha value is -5.34. The van der Waals surface area contributed by atoms with Crippen molar-refractivity contribution < 1.29 is 34.1 Å². The van der Waals surface area contributed by atoms with Crippen molar-refractivity contribution in [1.82, 2.24) is 36.2 Å². The molecule has 4 amide bonds. The van der Waals surface area contributed by atoms with E-state index >= 15 is 0 Å². The number of hydrogen-bond acceptors (Lipinski definition) is 9. The molecule has 0 radical (unpaired) electrons. The van der Waals surface area contributed by atoms with Gasteiger partial charge in [-0.25, -0.2) is 4.98 Å². The van der Waals surface area contributed by atoms with Crippen LogP contribution in [0.5, 0.6) is 5.75 Å². The molecule has 7 atom stereocenters. The van der Waals surface area contributed by atoms with Crippen LogP contribution in [0.4, 0.5) is 0 Å². The topological polar surface area (TPSA) is 208 Å². The number of pyridine rings is 1. The molecular weight excluding hydrogens is 727 g/mol. The van der Waals surface area contributed by atoms with Crippen molar-refractivity contribution in [3.8, 4) is 5.75 Å². The number of aliphatic hydroxyl groups excluding tert-OH is 2. The van der Waals surface area contributed by atoms with Crippen molar-refractivity contribution in [1.29, 1.82) is 0 Å². The Bertz CT molecular complexity index is 1870. The van der Waals surface area contributed by atoms with Crippen molar-refractivity contribution in [3.05, 3.63) is 90.8 Å². The molecule has 4 rings (SSSR count). The number of rotatable bonds is 22. The molecule has 0 spiro atoms. The van der Waals surface area contributed by atoms with E-state index in [0.29, 0.717) is 23.6 Å². The summed E-state index contributed by atoms with van der Waals surface area (Å²) in [5, 5.41) is 36.7. The van der Waals surface area contributed by atoms with Crippen molar-refractivity contribution in [2.45, 2.75) is 104 Å². The predicted octanol–water partition coefficient (Wildman–Crippen LogP) is 3.83. The molecule has 57 heavy (non-hydrogen) atoms. The fourth-order valence-corrected chi connectivity index (χ4v) is 6.74. The number of amides is 4. The molecule has 0 saturated carbocycles. The van der Waals surface area contributed by atoms with Crippen LogP contribution in [0.2, 0.25) is 0 Å². The molecule has 0 fully saturated rings. The Morgan fingerprint density at radius 1 is 0.807 bits per heavy atom. The summed E-state index contributed by atoms with van der Waals surface area (Å²) in [6.45, 7) is 11.2. The molecule has 0 aliphatic heterocycles. The first kappa shape index (κ1) is 44.4. The summed E-state index contributed by atoms with van der Waals surface area (Å²) in [6, 6.07) is 15.5. The van der Waals surface area contributed by atoms with E-state index in [2.05, 4.69) is 36.2 Å². The van der Waals surface area contributed by atoms with E-state index in [1.165, 1.54) is 6.33 Å². The van der Waals surface area contributed by atoms with Crippen molar-refractivity contribution in [2.75, 3.05) is 6.61 Å². The van der Waals surface area contributed by atoms with Crippen molar-refractivity contribution >= 4 is 34.4 Å². The van der Waals surface area contributed by atoms with Crippen LogP contribution in [-0.4, -0.2) is 85.7 Å². The maximum Gasteiger partial charge on any atom is 0.258 e. The summed E-state index contributed by atoms with van der Waals surface area (Å²) in [5.41, 5.74) is 1.25. The first-order valence-corrected chi connectivity index (χ1v) is 19.8. The number of aromatic nitrogens is 3. The van der Waals surface area contributed by atoms with Gasteiger partial charge >= 0.3 is 0 Å². The van der Waals surface area contributed by atoms with E-state index in [1.54, 1.807) is 30.6 Å². The van der Waals surface area contributed by atoms with Crippen molar-refractivity contribution in [3.63, 3.8) is 0 Å². The molecule has 0 aliphatic carbocycles. The first-order chi connectivity index (χ1) is 27.3. The SMILES string of the molecule is CC[C@H](C)[C@H](NC(=O)[C@H](CC(C)C)C(O)C(O)[C@H](CC(C)C)NC(=O)[C@H](Cc1cnc[nH]1)NC(=O)COc1cccc2ccccc12)C(=O)NCc1ccccn1. The molecule has 308 valence electrons. The van der Waals surface area contributed by atoms with Gasteiger partial charge < -0.3 is 41.2 Å². The summed E-state index contributed by atoms with van der Waals surface area (Å²) in [6.07, 6.45) is 2.55. The number of nitrogens with zero attached hydrogens (tertiary/aromatic N) is 2. The van der Waals surface area contributed by atoms with E-state index in [0.717, 1.165) is 10.8 Å². The maximum absolute atomic E-state index is 14.0. The monoisotopic (exact) mass is 785 g/mol. The molecule has 14 nitrogen and oxygen atoms in total. The lowest BCUT2D eigenvalue weighted by molar-refractivity contribution is -0.139. The van der Waals surface area contributed by atoms with Crippen LogP contribution >= 0.6 is 0 Å². The van der Waals surface area contributed by atoms with Crippen LogP contribution in [0.1, 0.15) is 72.2 Å². The van der Waals surface area contributed by atoms with E-state index < -0.39 is 54.0 Å². The minimum absolute atomic E-state index is 0.0400. The smallest absolute Gasteiger partial charge is 0.258 e. The number of aromatic amines is 1. The second-order valence-corrected chi connectivity index (χ2v) is 15.5. The molecular formula is C43H59N7O7. The Labute approximate surface area is 335 Å². The van der Waals surface area contributed by atoms with Gasteiger partial charge in [-0.1, -0.05) is 90.4 Å². The quantitative estimate of drug-likeness (QED) is 0.0617. The summed E-state index contributed by atoms with van der Waals surface area (Å²) in [4.78, 5) is 66.0. The van der Waals surface area contributed by atoms with Gasteiger partial charge in [-0.3, -0.25) is 24.2 Å². The molecule has 2 heterocycles. The van der Waals surface area contributed by atoms with Crippen LogP contribution in [0.15, 0.2) is 79.4 Å². The predicted molar refractivity (Wildman–Crippen MR) is 217 cm³/mol. The van der Waals surface area contributed by atoms with Gasteiger partial charge in [0.05, 0.1) is 36.6 Å². The minimum atomic E-state index is -1.61. The molecule has 0 bridgehead atoms. The number of carbonyl (C=O) groups is 4. The van der Waals surface area contributed by atoms with Crippen LogP contribution in [-0.2, 0) is 32.1 Å². The lowest BCUT2D eigenvalue weighted by atomic mass is 9.84. The second kappa shape index (κ2) is 21.8. The number of carbonyl (C=O) groups excluding carboxylic acids is 4. The number of imidazole rings is 1.